The molecular weight excluding hydrogens is 356 g/mol. The number of cyclic esters (lactones) is 1. The van der Waals surface area contributed by atoms with Crippen LogP contribution in [0.25, 0.3) is 28.4 Å². The van der Waals surface area contributed by atoms with Crippen LogP contribution in [0.4, 0.5) is 0 Å². The first kappa shape index (κ1) is 15.8. The SMILES string of the molecule is Cc1ccc2nc3c(c4c2c1C=CC4O)Cn1c-3cc2c(c1=O)COC(=O)C2. The number of aromatic nitrogens is 2. The number of carbonyl (C=O) groups excluding carboxylic acids is 1. The van der Waals surface area contributed by atoms with Crippen molar-refractivity contribution in [2.24, 2.45) is 0 Å². The van der Waals surface area contributed by atoms with Crippen molar-refractivity contribution in [2.75, 3.05) is 0 Å². The van der Waals surface area contributed by atoms with Crippen LogP contribution in [0.15, 0.2) is 29.1 Å². The summed E-state index contributed by atoms with van der Waals surface area (Å²) in [5.41, 5.74) is 7.21. The van der Waals surface area contributed by atoms with Gasteiger partial charge in [-0.3, -0.25) is 9.59 Å². The van der Waals surface area contributed by atoms with Gasteiger partial charge < -0.3 is 14.4 Å². The average Bonchev–Trinajstić information content (AvgIpc) is 3.04. The molecule has 6 rings (SSSR count). The molecule has 1 aromatic carbocycles. The highest BCUT2D eigenvalue weighted by Crippen LogP contribution is 2.43. The lowest BCUT2D eigenvalue weighted by molar-refractivity contribution is -0.145. The number of aliphatic hydroxyl groups is 1. The monoisotopic (exact) mass is 372 g/mol. The molecule has 1 aliphatic carbocycles. The van der Waals surface area contributed by atoms with Crippen LogP contribution in [0.3, 0.4) is 0 Å². The molecule has 2 aromatic heterocycles. The maximum Gasteiger partial charge on any atom is 0.310 e. The van der Waals surface area contributed by atoms with Gasteiger partial charge in [0.25, 0.3) is 5.56 Å². The molecule has 0 radical (unpaired) electrons. The lowest BCUT2D eigenvalue weighted by atomic mass is 9.87. The molecule has 0 saturated heterocycles. The fourth-order valence-corrected chi connectivity index (χ4v) is 4.67. The number of hydrogen-bond donors (Lipinski definition) is 1. The predicted molar refractivity (Wildman–Crippen MR) is 103 cm³/mol. The highest BCUT2D eigenvalue weighted by Gasteiger charge is 2.32. The Morgan fingerprint density at radius 3 is 2.96 bits per heavy atom. The Balaban J connectivity index is 1.69. The van der Waals surface area contributed by atoms with Crippen LogP contribution in [0.5, 0.6) is 0 Å². The van der Waals surface area contributed by atoms with Gasteiger partial charge in [-0.2, -0.15) is 0 Å². The standard InChI is InChI=1S/C22H16N2O4/c1-10-2-4-15-19-12(10)3-5-17(25)20(19)13-8-24-16(21(13)23-15)6-11-7-18(26)28-9-14(11)22(24)27/h2-6,17,25H,7-9H2,1H3. The first-order chi connectivity index (χ1) is 13.5. The van der Waals surface area contributed by atoms with E-state index >= 15 is 0 Å². The largest absolute Gasteiger partial charge is 0.460 e. The zero-order valence-electron chi connectivity index (χ0n) is 15.2. The number of benzene rings is 1. The van der Waals surface area contributed by atoms with Crippen LogP contribution in [0, 0.1) is 6.92 Å². The molecule has 0 saturated carbocycles. The smallest absolute Gasteiger partial charge is 0.310 e. The third kappa shape index (κ3) is 1.88. The first-order valence-electron chi connectivity index (χ1n) is 9.27. The van der Waals surface area contributed by atoms with Gasteiger partial charge in [0.15, 0.2) is 0 Å². The summed E-state index contributed by atoms with van der Waals surface area (Å²) in [5.74, 6) is -0.322. The number of esters is 1. The predicted octanol–water partition coefficient (Wildman–Crippen LogP) is 2.39. The van der Waals surface area contributed by atoms with Crippen molar-refractivity contribution in [3.63, 3.8) is 0 Å². The van der Waals surface area contributed by atoms with Crippen molar-refractivity contribution in [1.29, 1.82) is 0 Å². The highest BCUT2D eigenvalue weighted by molar-refractivity contribution is 5.97. The molecule has 1 N–H and O–H groups in total. The molecular formula is C22H16N2O4. The van der Waals surface area contributed by atoms with E-state index in [-0.39, 0.29) is 24.6 Å². The van der Waals surface area contributed by atoms with E-state index in [0.717, 1.165) is 33.2 Å². The first-order valence-corrected chi connectivity index (χ1v) is 9.27. The summed E-state index contributed by atoms with van der Waals surface area (Å²) in [6.45, 7) is 2.42. The fraction of sp³-hybridized carbons (Fsp3) is 0.227. The molecule has 0 spiro atoms. The average molecular weight is 372 g/mol. The van der Waals surface area contributed by atoms with Crippen LogP contribution in [0.1, 0.15) is 39.5 Å². The maximum atomic E-state index is 13.1. The Bertz CT molecular complexity index is 1330. The summed E-state index contributed by atoms with van der Waals surface area (Å²) in [7, 11) is 0. The number of nitrogens with zero attached hydrogens (tertiary/aromatic N) is 2. The van der Waals surface area contributed by atoms with E-state index in [1.165, 1.54) is 0 Å². The van der Waals surface area contributed by atoms with Crippen molar-refractivity contribution in [3.05, 3.63) is 68.0 Å². The number of ether oxygens (including phenoxy) is 1. The van der Waals surface area contributed by atoms with Crippen LogP contribution in [-0.4, -0.2) is 20.6 Å². The highest BCUT2D eigenvalue weighted by atomic mass is 16.5. The van der Waals surface area contributed by atoms with Crippen LogP contribution < -0.4 is 5.56 Å². The Morgan fingerprint density at radius 2 is 2.11 bits per heavy atom. The lowest BCUT2D eigenvalue weighted by Gasteiger charge is -2.21. The number of aryl methyl sites for hydroxylation is 1. The molecule has 0 bridgehead atoms. The minimum Gasteiger partial charge on any atom is -0.460 e. The van der Waals surface area contributed by atoms with Gasteiger partial charge in [-0.25, -0.2) is 4.98 Å². The zero-order valence-corrected chi connectivity index (χ0v) is 15.2. The summed E-state index contributed by atoms with van der Waals surface area (Å²) >= 11 is 0. The van der Waals surface area contributed by atoms with E-state index in [4.69, 9.17) is 9.72 Å². The molecule has 3 aliphatic rings. The Kier molecular flexibility index (Phi) is 2.91. The summed E-state index contributed by atoms with van der Waals surface area (Å²) in [5, 5.41) is 11.7. The summed E-state index contributed by atoms with van der Waals surface area (Å²) in [4.78, 5) is 29.6. The maximum absolute atomic E-state index is 13.1. The van der Waals surface area contributed by atoms with Gasteiger partial charge in [0.2, 0.25) is 0 Å². The fourth-order valence-electron chi connectivity index (χ4n) is 4.67. The van der Waals surface area contributed by atoms with Crippen LogP contribution in [-0.2, 0) is 29.1 Å². The van der Waals surface area contributed by atoms with E-state index < -0.39 is 6.10 Å². The minimum atomic E-state index is -0.738. The van der Waals surface area contributed by atoms with E-state index in [0.29, 0.717) is 29.1 Å². The number of aliphatic hydroxyl groups excluding tert-OH is 1. The van der Waals surface area contributed by atoms with Gasteiger partial charge in [-0.05, 0) is 35.7 Å². The lowest BCUT2D eigenvalue weighted by Crippen LogP contribution is -2.30. The topological polar surface area (TPSA) is 81.4 Å². The molecule has 6 heteroatoms. The second-order valence-electron chi connectivity index (χ2n) is 7.61. The third-order valence-electron chi connectivity index (χ3n) is 6.06. The van der Waals surface area contributed by atoms with Gasteiger partial charge in [-0.1, -0.05) is 18.2 Å². The number of hydrogen-bond acceptors (Lipinski definition) is 5. The normalized spacial score (nSPS) is 18.6. The molecule has 0 amide bonds. The Hall–Kier alpha value is -3.25. The second-order valence-corrected chi connectivity index (χ2v) is 7.61. The van der Waals surface area contributed by atoms with Crippen LogP contribution in [0.2, 0.25) is 0 Å². The van der Waals surface area contributed by atoms with E-state index in [1.807, 2.05) is 31.2 Å². The van der Waals surface area contributed by atoms with Gasteiger partial charge in [0.1, 0.15) is 6.61 Å². The van der Waals surface area contributed by atoms with Gasteiger partial charge in [0.05, 0.1) is 41.5 Å². The summed E-state index contributed by atoms with van der Waals surface area (Å²) in [6.07, 6.45) is 3.09. The van der Waals surface area contributed by atoms with Crippen molar-refractivity contribution < 1.29 is 14.6 Å². The second kappa shape index (κ2) is 5.17. The quantitative estimate of drug-likeness (QED) is 0.480. The molecule has 4 heterocycles. The number of fused-ring (bicyclic) bond motifs is 5. The summed E-state index contributed by atoms with van der Waals surface area (Å²) in [6, 6.07) is 5.86. The molecule has 6 nitrogen and oxygen atoms in total. The molecule has 2 aliphatic heterocycles. The molecule has 0 fully saturated rings. The Morgan fingerprint density at radius 1 is 1.25 bits per heavy atom. The van der Waals surface area contributed by atoms with Gasteiger partial charge >= 0.3 is 5.97 Å². The van der Waals surface area contributed by atoms with E-state index in [9.17, 15) is 14.7 Å². The third-order valence-corrected chi connectivity index (χ3v) is 6.06. The molecule has 1 atom stereocenters. The Labute approximate surface area is 159 Å². The van der Waals surface area contributed by atoms with E-state index in [2.05, 4.69) is 0 Å². The zero-order chi connectivity index (χ0) is 19.2. The molecule has 3 aromatic rings. The summed E-state index contributed by atoms with van der Waals surface area (Å²) < 4.78 is 6.75. The van der Waals surface area contributed by atoms with Crippen molar-refractivity contribution in [2.45, 2.75) is 32.6 Å². The number of rotatable bonds is 0. The van der Waals surface area contributed by atoms with E-state index in [1.54, 1.807) is 10.6 Å². The van der Waals surface area contributed by atoms with Gasteiger partial charge in [0, 0.05) is 16.5 Å². The molecule has 1 unspecified atom stereocenters. The molecule has 28 heavy (non-hydrogen) atoms. The van der Waals surface area contributed by atoms with Crippen molar-refractivity contribution in [3.8, 4) is 11.4 Å². The number of carbonyl (C=O) groups is 1. The molecule has 138 valence electrons. The van der Waals surface area contributed by atoms with Crippen LogP contribution >= 0.6 is 0 Å². The number of pyridine rings is 2. The minimum absolute atomic E-state index is 0.0145. The van der Waals surface area contributed by atoms with Crippen molar-refractivity contribution in [1.82, 2.24) is 9.55 Å². The van der Waals surface area contributed by atoms with Gasteiger partial charge in [-0.15, -0.1) is 0 Å². The van der Waals surface area contributed by atoms with Crippen molar-refractivity contribution >= 4 is 22.9 Å².